The van der Waals surface area contributed by atoms with Crippen LogP contribution >= 0.6 is 11.3 Å². The summed E-state index contributed by atoms with van der Waals surface area (Å²) in [5.74, 6) is -0.216. The maximum absolute atomic E-state index is 12.3. The summed E-state index contributed by atoms with van der Waals surface area (Å²) in [5.41, 5.74) is 2.02. The van der Waals surface area contributed by atoms with Gasteiger partial charge in [0.15, 0.2) is 0 Å². The molecule has 5 heteroatoms. The highest BCUT2D eigenvalue weighted by molar-refractivity contribution is 7.12. The number of methoxy groups -OCH3 is 1. The molecule has 0 bridgehead atoms. The fourth-order valence-electron chi connectivity index (χ4n) is 2.29. The molecule has 0 fully saturated rings. The van der Waals surface area contributed by atoms with Crippen LogP contribution in [0.25, 0.3) is 11.1 Å². The Morgan fingerprint density at radius 1 is 1.09 bits per heavy atom. The Hall–Kier alpha value is -2.14. The lowest BCUT2D eigenvalue weighted by Crippen LogP contribution is -2.24. The third-order valence-corrected chi connectivity index (χ3v) is 4.44. The molecule has 0 aliphatic rings. The average Bonchev–Trinajstić information content (AvgIpc) is 3.08. The van der Waals surface area contributed by atoms with Crippen molar-refractivity contribution in [3.05, 3.63) is 46.7 Å². The molecule has 0 saturated heterocycles. The molecule has 1 heterocycles. The van der Waals surface area contributed by atoms with Gasteiger partial charge in [0.25, 0.3) is 5.91 Å². The van der Waals surface area contributed by atoms with Gasteiger partial charge in [-0.25, -0.2) is 0 Å². The van der Waals surface area contributed by atoms with Gasteiger partial charge in [-0.3, -0.25) is 9.59 Å². The highest BCUT2D eigenvalue weighted by Crippen LogP contribution is 2.27. The molecule has 2 rings (SSSR count). The lowest BCUT2D eigenvalue weighted by atomic mass is 10.1. The largest absolute Gasteiger partial charge is 0.469 e. The molecule has 0 unspecified atom stereocenters. The number of ether oxygens (including phenoxy) is 1. The standard InChI is InChI=1S/C18H21NO3S/c1-22-16(20)10-6-3-7-12-19-18(21)17-15(11-13-23-17)14-8-4-2-5-9-14/h2,4-5,8-9,11,13H,3,6-7,10,12H2,1H3,(H,19,21). The summed E-state index contributed by atoms with van der Waals surface area (Å²) in [6.45, 7) is 0.617. The van der Waals surface area contributed by atoms with Gasteiger partial charge >= 0.3 is 5.97 Å². The molecule has 1 N–H and O–H groups in total. The molecule has 4 nitrogen and oxygen atoms in total. The fraction of sp³-hybridized carbons (Fsp3) is 0.333. The van der Waals surface area contributed by atoms with E-state index >= 15 is 0 Å². The van der Waals surface area contributed by atoms with Crippen molar-refractivity contribution >= 4 is 23.2 Å². The first-order valence-corrected chi connectivity index (χ1v) is 8.58. The summed E-state index contributed by atoms with van der Waals surface area (Å²) in [7, 11) is 1.40. The Balaban J connectivity index is 1.79. The van der Waals surface area contributed by atoms with Gasteiger partial charge in [0.1, 0.15) is 0 Å². The Bertz CT molecular complexity index is 637. The SMILES string of the molecule is COC(=O)CCCCCNC(=O)c1sccc1-c1ccccc1. The van der Waals surface area contributed by atoms with Crippen LogP contribution in [0.1, 0.15) is 35.4 Å². The third kappa shape index (κ3) is 5.21. The molecular weight excluding hydrogens is 310 g/mol. The minimum atomic E-state index is -0.180. The van der Waals surface area contributed by atoms with Crippen molar-refractivity contribution in [1.82, 2.24) is 5.32 Å². The first kappa shape index (κ1) is 17.2. The van der Waals surface area contributed by atoms with E-state index in [-0.39, 0.29) is 11.9 Å². The number of nitrogens with one attached hydrogen (secondary N) is 1. The maximum Gasteiger partial charge on any atom is 0.305 e. The van der Waals surface area contributed by atoms with E-state index in [9.17, 15) is 9.59 Å². The Labute approximate surface area is 140 Å². The van der Waals surface area contributed by atoms with Crippen LogP contribution in [-0.2, 0) is 9.53 Å². The summed E-state index contributed by atoms with van der Waals surface area (Å²) in [5, 5.41) is 4.89. The Kier molecular flexibility index (Phi) is 6.81. The van der Waals surface area contributed by atoms with E-state index in [4.69, 9.17) is 0 Å². The van der Waals surface area contributed by atoms with Crippen LogP contribution in [0.4, 0.5) is 0 Å². The molecule has 2 aromatic rings. The molecule has 122 valence electrons. The van der Waals surface area contributed by atoms with E-state index in [1.165, 1.54) is 18.4 Å². The van der Waals surface area contributed by atoms with Gasteiger partial charge in [-0.05, 0) is 29.9 Å². The third-order valence-electron chi connectivity index (χ3n) is 3.53. The van der Waals surface area contributed by atoms with Crippen molar-refractivity contribution in [3.8, 4) is 11.1 Å². The second-order valence-electron chi connectivity index (χ2n) is 5.17. The zero-order valence-corrected chi connectivity index (χ0v) is 14.0. The molecule has 0 spiro atoms. The number of rotatable bonds is 8. The average molecular weight is 331 g/mol. The number of hydrogen-bond donors (Lipinski definition) is 1. The van der Waals surface area contributed by atoms with Crippen molar-refractivity contribution in [2.75, 3.05) is 13.7 Å². The normalized spacial score (nSPS) is 10.3. The number of thiophene rings is 1. The minimum Gasteiger partial charge on any atom is -0.469 e. The fourth-order valence-corrected chi connectivity index (χ4v) is 3.12. The van der Waals surface area contributed by atoms with Gasteiger partial charge in [0.2, 0.25) is 0 Å². The maximum atomic E-state index is 12.3. The minimum absolute atomic E-state index is 0.0354. The van der Waals surface area contributed by atoms with E-state index in [0.717, 1.165) is 35.3 Å². The van der Waals surface area contributed by atoms with Crippen molar-refractivity contribution < 1.29 is 14.3 Å². The number of amides is 1. The van der Waals surface area contributed by atoms with Crippen LogP contribution in [0.5, 0.6) is 0 Å². The zero-order chi connectivity index (χ0) is 16.5. The van der Waals surface area contributed by atoms with E-state index in [1.807, 2.05) is 41.8 Å². The number of benzene rings is 1. The predicted octanol–water partition coefficient (Wildman–Crippen LogP) is 3.88. The van der Waals surface area contributed by atoms with E-state index < -0.39 is 0 Å². The Morgan fingerprint density at radius 3 is 2.61 bits per heavy atom. The second-order valence-corrected chi connectivity index (χ2v) is 6.09. The summed E-state index contributed by atoms with van der Waals surface area (Å²) < 4.78 is 4.59. The predicted molar refractivity (Wildman–Crippen MR) is 92.6 cm³/mol. The number of esters is 1. The van der Waals surface area contributed by atoms with E-state index in [1.54, 1.807) is 0 Å². The summed E-state index contributed by atoms with van der Waals surface area (Å²) >= 11 is 1.45. The molecule has 0 atom stereocenters. The first-order chi connectivity index (χ1) is 11.2. The van der Waals surface area contributed by atoms with Gasteiger partial charge < -0.3 is 10.1 Å². The molecule has 0 aliphatic heterocycles. The van der Waals surface area contributed by atoms with Crippen molar-refractivity contribution in [2.45, 2.75) is 25.7 Å². The van der Waals surface area contributed by atoms with Crippen LogP contribution in [0.2, 0.25) is 0 Å². The molecule has 0 saturated carbocycles. The van der Waals surface area contributed by atoms with Gasteiger partial charge in [-0.2, -0.15) is 0 Å². The first-order valence-electron chi connectivity index (χ1n) is 7.70. The van der Waals surface area contributed by atoms with Crippen LogP contribution in [0.3, 0.4) is 0 Å². The molecule has 1 amide bonds. The van der Waals surface area contributed by atoms with E-state index in [2.05, 4.69) is 10.1 Å². The second kappa shape index (κ2) is 9.10. The lowest BCUT2D eigenvalue weighted by Gasteiger charge is -2.06. The summed E-state index contributed by atoms with van der Waals surface area (Å²) in [6.07, 6.45) is 2.98. The smallest absolute Gasteiger partial charge is 0.305 e. The highest BCUT2D eigenvalue weighted by atomic mass is 32.1. The monoisotopic (exact) mass is 331 g/mol. The van der Waals surface area contributed by atoms with Gasteiger partial charge in [0.05, 0.1) is 12.0 Å². The van der Waals surface area contributed by atoms with Crippen molar-refractivity contribution in [2.24, 2.45) is 0 Å². The molecule has 0 aliphatic carbocycles. The summed E-state index contributed by atoms with van der Waals surface area (Å²) in [6, 6.07) is 11.9. The number of unbranched alkanes of at least 4 members (excludes halogenated alkanes) is 2. The molecule has 0 radical (unpaired) electrons. The number of hydrogen-bond acceptors (Lipinski definition) is 4. The quantitative estimate of drug-likeness (QED) is 0.590. The van der Waals surface area contributed by atoms with Gasteiger partial charge in [0, 0.05) is 18.5 Å². The lowest BCUT2D eigenvalue weighted by molar-refractivity contribution is -0.140. The molecule has 1 aromatic carbocycles. The van der Waals surface area contributed by atoms with Crippen molar-refractivity contribution in [3.63, 3.8) is 0 Å². The molecular formula is C18H21NO3S. The molecule has 1 aromatic heterocycles. The zero-order valence-electron chi connectivity index (χ0n) is 13.2. The van der Waals surface area contributed by atoms with Crippen LogP contribution < -0.4 is 5.32 Å². The Morgan fingerprint density at radius 2 is 1.87 bits per heavy atom. The van der Waals surface area contributed by atoms with Crippen LogP contribution in [-0.4, -0.2) is 25.5 Å². The van der Waals surface area contributed by atoms with Crippen LogP contribution in [0, 0.1) is 0 Å². The summed E-state index contributed by atoms with van der Waals surface area (Å²) in [4.78, 5) is 24.0. The highest BCUT2D eigenvalue weighted by Gasteiger charge is 2.13. The number of carbonyl (C=O) groups is 2. The van der Waals surface area contributed by atoms with E-state index in [0.29, 0.717) is 13.0 Å². The van der Waals surface area contributed by atoms with Gasteiger partial charge in [-0.15, -0.1) is 11.3 Å². The van der Waals surface area contributed by atoms with Crippen molar-refractivity contribution in [1.29, 1.82) is 0 Å². The molecule has 23 heavy (non-hydrogen) atoms. The van der Waals surface area contributed by atoms with Crippen LogP contribution in [0.15, 0.2) is 41.8 Å². The topological polar surface area (TPSA) is 55.4 Å². The van der Waals surface area contributed by atoms with Gasteiger partial charge in [-0.1, -0.05) is 36.8 Å². The number of carbonyl (C=O) groups excluding carboxylic acids is 2.